The van der Waals surface area contributed by atoms with E-state index < -0.39 is 0 Å². The second-order valence-electron chi connectivity index (χ2n) is 4.97. The van der Waals surface area contributed by atoms with Gasteiger partial charge in [-0.05, 0) is 5.56 Å². The number of hydrogen-bond donors (Lipinski definition) is 0. The van der Waals surface area contributed by atoms with Gasteiger partial charge in [-0.1, -0.05) is 30.3 Å². The van der Waals surface area contributed by atoms with Crippen LogP contribution in [0.15, 0.2) is 54.9 Å². The molecule has 3 rings (SSSR count). The van der Waals surface area contributed by atoms with Gasteiger partial charge in [-0.25, -0.2) is 0 Å². The molecular formula is C16H16N2O3. The number of aromatic nitrogens is 1. The number of amides is 1. The van der Waals surface area contributed by atoms with Crippen molar-refractivity contribution in [1.82, 2.24) is 4.90 Å². The summed E-state index contributed by atoms with van der Waals surface area (Å²) in [6.07, 6.45) is 2.57. The fraction of sp³-hybridized carbons (Fsp3) is 0.250. The molecule has 1 amide bonds. The minimum atomic E-state index is -0.0999. The van der Waals surface area contributed by atoms with Gasteiger partial charge in [0.15, 0.2) is 12.4 Å². The van der Waals surface area contributed by atoms with Crippen LogP contribution in [0.2, 0.25) is 0 Å². The summed E-state index contributed by atoms with van der Waals surface area (Å²) in [4.78, 5) is 14.2. The van der Waals surface area contributed by atoms with Crippen molar-refractivity contribution in [3.63, 3.8) is 0 Å². The van der Waals surface area contributed by atoms with E-state index >= 15 is 0 Å². The molecule has 108 valence electrons. The standard InChI is InChI=1S/C16H16N2O3/c19-16(14-6-8-18(20)9-7-14)17-10-11-21-15(12-17)13-4-2-1-3-5-13/h1-9,15H,10-12H2. The Bertz CT molecular complexity index is 613. The van der Waals surface area contributed by atoms with E-state index in [1.165, 1.54) is 12.4 Å². The van der Waals surface area contributed by atoms with Crippen LogP contribution in [0.1, 0.15) is 22.0 Å². The van der Waals surface area contributed by atoms with Gasteiger partial charge in [0.2, 0.25) is 0 Å². The number of pyridine rings is 1. The Morgan fingerprint density at radius 2 is 1.90 bits per heavy atom. The summed E-state index contributed by atoms with van der Waals surface area (Å²) in [6, 6.07) is 13.0. The van der Waals surface area contributed by atoms with Crippen molar-refractivity contribution in [1.29, 1.82) is 0 Å². The number of ether oxygens (including phenoxy) is 1. The third-order valence-electron chi connectivity index (χ3n) is 3.57. The molecule has 1 aliphatic heterocycles. The first-order chi connectivity index (χ1) is 10.2. The summed E-state index contributed by atoms with van der Waals surface area (Å²) >= 11 is 0. The third kappa shape index (κ3) is 3.03. The minimum Gasteiger partial charge on any atom is -0.619 e. The number of benzene rings is 1. The average Bonchev–Trinajstić information content (AvgIpc) is 2.56. The molecule has 0 bridgehead atoms. The predicted molar refractivity (Wildman–Crippen MR) is 76.4 cm³/mol. The van der Waals surface area contributed by atoms with Crippen LogP contribution in [0, 0.1) is 5.21 Å². The van der Waals surface area contributed by atoms with Gasteiger partial charge in [-0.3, -0.25) is 4.79 Å². The average molecular weight is 284 g/mol. The summed E-state index contributed by atoms with van der Waals surface area (Å²) in [5.74, 6) is -0.0696. The maximum Gasteiger partial charge on any atom is 0.254 e. The molecule has 1 aromatic heterocycles. The van der Waals surface area contributed by atoms with Gasteiger partial charge in [0.1, 0.15) is 6.10 Å². The lowest BCUT2D eigenvalue weighted by atomic mass is 10.1. The number of nitrogens with zero attached hydrogens (tertiary/aromatic N) is 2. The van der Waals surface area contributed by atoms with E-state index in [0.717, 1.165) is 5.56 Å². The Hall–Kier alpha value is -2.40. The number of carbonyl (C=O) groups excluding carboxylic acids is 1. The van der Waals surface area contributed by atoms with Gasteiger partial charge in [-0.2, -0.15) is 4.73 Å². The van der Waals surface area contributed by atoms with Gasteiger partial charge in [0, 0.05) is 18.7 Å². The molecule has 1 aromatic carbocycles. The van der Waals surface area contributed by atoms with Crippen LogP contribution in [-0.4, -0.2) is 30.5 Å². The SMILES string of the molecule is O=C(c1cc[n+]([O-])cc1)N1CCOC(c2ccccc2)C1. The Morgan fingerprint density at radius 1 is 1.19 bits per heavy atom. The van der Waals surface area contributed by atoms with E-state index in [9.17, 15) is 10.0 Å². The number of rotatable bonds is 2. The van der Waals surface area contributed by atoms with Crippen LogP contribution < -0.4 is 4.73 Å². The second kappa shape index (κ2) is 5.93. The topological polar surface area (TPSA) is 56.5 Å². The zero-order chi connectivity index (χ0) is 14.7. The highest BCUT2D eigenvalue weighted by Crippen LogP contribution is 2.22. The first-order valence-corrected chi connectivity index (χ1v) is 6.89. The summed E-state index contributed by atoms with van der Waals surface area (Å²) in [7, 11) is 0. The lowest BCUT2D eigenvalue weighted by Gasteiger charge is -2.33. The van der Waals surface area contributed by atoms with Crippen molar-refractivity contribution in [2.24, 2.45) is 0 Å². The first kappa shape index (κ1) is 13.6. The van der Waals surface area contributed by atoms with Crippen LogP contribution in [-0.2, 0) is 4.74 Å². The van der Waals surface area contributed by atoms with E-state index in [4.69, 9.17) is 4.74 Å². The zero-order valence-corrected chi connectivity index (χ0v) is 11.5. The fourth-order valence-corrected chi connectivity index (χ4v) is 2.44. The minimum absolute atomic E-state index is 0.0696. The number of hydrogen-bond acceptors (Lipinski definition) is 3. The van der Waals surface area contributed by atoms with E-state index in [0.29, 0.717) is 30.0 Å². The molecule has 1 aliphatic rings. The molecule has 1 saturated heterocycles. The van der Waals surface area contributed by atoms with Gasteiger partial charge in [0.05, 0.1) is 18.7 Å². The van der Waals surface area contributed by atoms with Crippen molar-refractivity contribution in [3.8, 4) is 0 Å². The van der Waals surface area contributed by atoms with Gasteiger partial charge in [-0.15, -0.1) is 0 Å². The maximum atomic E-state index is 12.4. The van der Waals surface area contributed by atoms with E-state index in [1.54, 1.807) is 17.0 Å². The maximum absolute atomic E-state index is 12.4. The Morgan fingerprint density at radius 3 is 2.62 bits per heavy atom. The molecule has 5 nitrogen and oxygen atoms in total. The molecule has 0 radical (unpaired) electrons. The molecule has 0 saturated carbocycles. The molecule has 1 fully saturated rings. The summed E-state index contributed by atoms with van der Waals surface area (Å²) < 4.78 is 6.42. The molecule has 1 unspecified atom stereocenters. The quantitative estimate of drug-likeness (QED) is 0.621. The van der Waals surface area contributed by atoms with Gasteiger partial charge >= 0.3 is 0 Å². The van der Waals surface area contributed by atoms with Crippen molar-refractivity contribution < 1.29 is 14.3 Å². The summed E-state index contributed by atoms with van der Waals surface area (Å²) in [5.41, 5.74) is 1.59. The third-order valence-corrected chi connectivity index (χ3v) is 3.57. The van der Waals surface area contributed by atoms with E-state index in [-0.39, 0.29) is 12.0 Å². The Kier molecular flexibility index (Phi) is 3.83. The fourth-order valence-electron chi connectivity index (χ4n) is 2.44. The molecule has 21 heavy (non-hydrogen) atoms. The monoisotopic (exact) mass is 284 g/mol. The summed E-state index contributed by atoms with van der Waals surface area (Å²) in [6.45, 7) is 1.60. The molecule has 0 spiro atoms. The largest absolute Gasteiger partial charge is 0.619 e. The number of carbonyl (C=O) groups is 1. The van der Waals surface area contributed by atoms with Gasteiger partial charge < -0.3 is 14.8 Å². The van der Waals surface area contributed by atoms with Crippen molar-refractivity contribution in [2.75, 3.05) is 19.7 Å². The van der Waals surface area contributed by atoms with Crippen LogP contribution in [0.5, 0.6) is 0 Å². The normalized spacial score (nSPS) is 18.5. The lowest BCUT2D eigenvalue weighted by Crippen LogP contribution is -2.42. The zero-order valence-electron chi connectivity index (χ0n) is 11.5. The second-order valence-corrected chi connectivity index (χ2v) is 4.97. The van der Waals surface area contributed by atoms with Crippen molar-refractivity contribution in [3.05, 3.63) is 71.2 Å². The molecule has 2 heterocycles. The lowest BCUT2D eigenvalue weighted by molar-refractivity contribution is -0.605. The first-order valence-electron chi connectivity index (χ1n) is 6.89. The molecule has 2 aromatic rings. The number of morpholine rings is 1. The molecule has 1 atom stereocenters. The van der Waals surface area contributed by atoms with E-state index in [1.807, 2.05) is 30.3 Å². The highest BCUT2D eigenvalue weighted by molar-refractivity contribution is 5.94. The smallest absolute Gasteiger partial charge is 0.254 e. The Labute approximate surface area is 123 Å². The molecule has 5 heteroatoms. The highest BCUT2D eigenvalue weighted by atomic mass is 16.5. The predicted octanol–water partition coefficient (Wildman–Crippen LogP) is 1.53. The van der Waals surface area contributed by atoms with Crippen LogP contribution in [0.25, 0.3) is 0 Å². The van der Waals surface area contributed by atoms with Crippen LogP contribution in [0.3, 0.4) is 0 Å². The molecular weight excluding hydrogens is 268 g/mol. The molecule has 0 aliphatic carbocycles. The van der Waals surface area contributed by atoms with Crippen molar-refractivity contribution >= 4 is 5.91 Å². The van der Waals surface area contributed by atoms with Crippen LogP contribution in [0.4, 0.5) is 0 Å². The molecule has 0 N–H and O–H groups in total. The summed E-state index contributed by atoms with van der Waals surface area (Å²) in [5, 5.41) is 11.0. The Balaban J connectivity index is 1.74. The highest BCUT2D eigenvalue weighted by Gasteiger charge is 2.26. The van der Waals surface area contributed by atoms with Gasteiger partial charge in [0.25, 0.3) is 5.91 Å². The van der Waals surface area contributed by atoms with E-state index in [2.05, 4.69) is 0 Å². The van der Waals surface area contributed by atoms with Crippen LogP contribution >= 0.6 is 0 Å². The van der Waals surface area contributed by atoms with Crippen molar-refractivity contribution in [2.45, 2.75) is 6.10 Å².